The third-order valence-corrected chi connectivity index (χ3v) is 11.0. The van der Waals surface area contributed by atoms with E-state index >= 15 is 0 Å². The minimum Gasteiger partial charge on any atom is -0.458 e. The first kappa shape index (κ1) is 22.7. The van der Waals surface area contributed by atoms with E-state index in [0.29, 0.717) is 23.8 Å². The van der Waals surface area contributed by atoms with Crippen LogP contribution in [0.4, 0.5) is 0 Å². The second-order valence-electron chi connectivity index (χ2n) is 12.1. The lowest BCUT2D eigenvalue weighted by atomic mass is 9.44. The van der Waals surface area contributed by atoms with Gasteiger partial charge in [-0.05, 0) is 74.9 Å². The van der Waals surface area contributed by atoms with E-state index in [9.17, 15) is 19.8 Å². The number of hydrogen-bond donors (Lipinski definition) is 2. The number of ether oxygens (including phenoxy) is 2. The number of aliphatic hydroxyl groups is 2. The molecule has 0 aromatic rings. The summed E-state index contributed by atoms with van der Waals surface area (Å²) in [7, 11) is 0. The molecule has 6 nitrogen and oxygen atoms in total. The molecule has 1 saturated heterocycles. The van der Waals surface area contributed by atoms with Gasteiger partial charge in [-0.1, -0.05) is 31.1 Å². The first-order chi connectivity index (χ1) is 16.1. The Morgan fingerprint density at radius 3 is 2.71 bits per heavy atom. The first-order valence-corrected chi connectivity index (χ1v) is 12.9. The molecule has 1 spiro atoms. The minimum absolute atomic E-state index is 0.000709. The summed E-state index contributed by atoms with van der Waals surface area (Å²) >= 11 is 0. The van der Waals surface area contributed by atoms with Crippen LogP contribution < -0.4 is 0 Å². The Labute approximate surface area is 201 Å². The van der Waals surface area contributed by atoms with Crippen molar-refractivity contribution in [3.05, 3.63) is 34.9 Å². The van der Waals surface area contributed by atoms with Crippen LogP contribution in [0, 0.1) is 34.5 Å². The zero-order valence-electron chi connectivity index (χ0n) is 20.5. The maximum atomic E-state index is 13.3. The zero-order valence-corrected chi connectivity index (χ0v) is 20.5. The lowest BCUT2D eigenvalue weighted by Gasteiger charge is -2.57. The molecule has 0 aromatic heterocycles. The SMILES string of the molecule is CC1=C(CO)C(=O)OC(C(C)C2=CCC3C4CC5OC56C(O)C=CC(=O)C6(C)C4CCC23C)C1. The largest absolute Gasteiger partial charge is 0.458 e. The van der Waals surface area contributed by atoms with E-state index in [1.165, 1.54) is 5.57 Å². The van der Waals surface area contributed by atoms with Gasteiger partial charge in [-0.2, -0.15) is 0 Å². The number of epoxide rings is 1. The van der Waals surface area contributed by atoms with Crippen molar-refractivity contribution in [1.82, 2.24) is 0 Å². The van der Waals surface area contributed by atoms with E-state index in [4.69, 9.17) is 9.47 Å². The standard InChI is InChI=1S/C28H36O6/c1-14-11-21(33-25(32)17(14)13-29)15(2)18-5-6-19-16-12-24-28(34-24)23(31)8-7-22(30)27(28,4)20(16)9-10-26(18,19)3/h5,7-8,15-16,19-21,23-24,29,31H,6,9-13H2,1-4H3. The molecular weight excluding hydrogens is 432 g/mol. The monoisotopic (exact) mass is 468 g/mol. The van der Waals surface area contributed by atoms with E-state index in [0.717, 1.165) is 31.3 Å². The van der Waals surface area contributed by atoms with Gasteiger partial charge in [-0.3, -0.25) is 4.79 Å². The molecule has 184 valence electrons. The Balaban J connectivity index is 1.28. The number of fused-ring (bicyclic) bond motifs is 4. The highest BCUT2D eigenvalue weighted by Crippen LogP contribution is 2.72. The number of aliphatic hydroxyl groups excluding tert-OH is 2. The van der Waals surface area contributed by atoms with Crippen LogP contribution >= 0.6 is 0 Å². The predicted molar refractivity (Wildman–Crippen MR) is 124 cm³/mol. The lowest BCUT2D eigenvalue weighted by molar-refractivity contribution is -0.150. The van der Waals surface area contributed by atoms with Crippen LogP contribution in [0.25, 0.3) is 0 Å². The Bertz CT molecular complexity index is 1060. The van der Waals surface area contributed by atoms with Gasteiger partial charge in [0, 0.05) is 12.3 Å². The highest BCUT2D eigenvalue weighted by atomic mass is 16.6. The molecule has 0 radical (unpaired) electrons. The van der Waals surface area contributed by atoms with Crippen molar-refractivity contribution >= 4 is 11.8 Å². The van der Waals surface area contributed by atoms with Crippen LogP contribution in [-0.4, -0.2) is 52.5 Å². The summed E-state index contributed by atoms with van der Waals surface area (Å²) in [6.45, 7) is 8.22. The molecule has 10 unspecified atom stereocenters. The van der Waals surface area contributed by atoms with E-state index in [-0.39, 0.29) is 41.8 Å². The number of rotatable bonds is 3. The fourth-order valence-electron chi connectivity index (χ4n) is 9.02. The summed E-state index contributed by atoms with van der Waals surface area (Å²) in [5.41, 5.74) is 1.28. The molecule has 2 aliphatic heterocycles. The molecule has 3 fully saturated rings. The van der Waals surface area contributed by atoms with Crippen molar-refractivity contribution in [3.8, 4) is 0 Å². The van der Waals surface area contributed by atoms with Gasteiger partial charge in [0.05, 0.1) is 23.7 Å². The van der Waals surface area contributed by atoms with Gasteiger partial charge >= 0.3 is 5.97 Å². The van der Waals surface area contributed by atoms with Crippen LogP contribution in [0.3, 0.4) is 0 Å². The molecule has 2 saturated carbocycles. The molecule has 34 heavy (non-hydrogen) atoms. The summed E-state index contributed by atoms with van der Waals surface area (Å²) < 4.78 is 12.0. The van der Waals surface area contributed by atoms with Gasteiger partial charge in [-0.25, -0.2) is 4.79 Å². The molecule has 10 atom stereocenters. The fraction of sp³-hybridized carbons (Fsp3) is 0.714. The van der Waals surface area contributed by atoms with Crippen LogP contribution in [-0.2, 0) is 19.1 Å². The summed E-state index contributed by atoms with van der Waals surface area (Å²) in [5.74, 6) is 0.796. The number of carbonyl (C=O) groups is 2. The molecule has 0 amide bonds. The predicted octanol–water partition coefficient (Wildman–Crippen LogP) is 3.27. The smallest absolute Gasteiger partial charge is 0.336 e. The topological polar surface area (TPSA) is 96.4 Å². The molecule has 0 aromatic carbocycles. The second kappa shape index (κ2) is 7.14. The van der Waals surface area contributed by atoms with Gasteiger partial charge in [-0.15, -0.1) is 0 Å². The van der Waals surface area contributed by atoms with Crippen LogP contribution in [0.1, 0.15) is 59.8 Å². The van der Waals surface area contributed by atoms with Crippen LogP contribution in [0.15, 0.2) is 34.9 Å². The maximum absolute atomic E-state index is 13.3. The summed E-state index contributed by atoms with van der Waals surface area (Å²) in [6.07, 6.45) is 9.03. The number of allylic oxidation sites excluding steroid dienone is 2. The maximum Gasteiger partial charge on any atom is 0.336 e. The highest BCUT2D eigenvalue weighted by Gasteiger charge is 2.80. The van der Waals surface area contributed by atoms with Crippen molar-refractivity contribution in [2.75, 3.05) is 6.61 Å². The summed E-state index contributed by atoms with van der Waals surface area (Å²) in [6, 6.07) is 0. The molecular formula is C28H36O6. The first-order valence-electron chi connectivity index (χ1n) is 12.9. The molecule has 6 heteroatoms. The normalized spacial score (nSPS) is 50.0. The van der Waals surface area contributed by atoms with Gasteiger partial charge < -0.3 is 19.7 Å². The number of cyclic esters (lactones) is 1. The number of hydrogen-bond acceptors (Lipinski definition) is 6. The number of carbonyl (C=O) groups excluding carboxylic acids is 2. The van der Waals surface area contributed by atoms with Gasteiger partial charge in [0.25, 0.3) is 0 Å². The van der Waals surface area contributed by atoms with Gasteiger partial charge in [0.15, 0.2) is 5.78 Å². The van der Waals surface area contributed by atoms with Crippen molar-refractivity contribution in [2.24, 2.45) is 34.5 Å². The number of esters is 1. The highest BCUT2D eigenvalue weighted by molar-refractivity contribution is 5.98. The van der Waals surface area contributed by atoms with Crippen molar-refractivity contribution in [1.29, 1.82) is 0 Å². The fourth-order valence-corrected chi connectivity index (χ4v) is 9.02. The quantitative estimate of drug-likeness (QED) is 0.375. The molecule has 6 aliphatic rings. The van der Waals surface area contributed by atoms with E-state index in [2.05, 4.69) is 19.9 Å². The molecule has 2 N–H and O–H groups in total. The molecule has 0 bridgehead atoms. The summed E-state index contributed by atoms with van der Waals surface area (Å²) in [5, 5.41) is 20.3. The van der Waals surface area contributed by atoms with Crippen molar-refractivity contribution in [3.63, 3.8) is 0 Å². The molecule has 6 rings (SSSR count). The minimum atomic E-state index is -0.736. The van der Waals surface area contributed by atoms with E-state index < -0.39 is 23.1 Å². The average Bonchev–Trinajstić information content (AvgIpc) is 3.43. The van der Waals surface area contributed by atoms with Crippen LogP contribution in [0.5, 0.6) is 0 Å². The van der Waals surface area contributed by atoms with Crippen molar-refractivity contribution < 1.29 is 29.3 Å². The van der Waals surface area contributed by atoms with Gasteiger partial charge in [0.1, 0.15) is 17.8 Å². The molecule has 2 heterocycles. The Morgan fingerprint density at radius 1 is 1.24 bits per heavy atom. The van der Waals surface area contributed by atoms with Gasteiger partial charge in [0.2, 0.25) is 0 Å². The van der Waals surface area contributed by atoms with E-state index in [1.807, 2.05) is 13.8 Å². The van der Waals surface area contributed by atoms with Crippen LogP contribution in [0.2, 0.25) is 0 Å². The third-order valence-electron chi connectivity index (χ3n) is 11.0. The Hall–Kier alpha value is -1.76. The summed E-state index contributed by atoms with van der Waals surface area (Å²) in [4.78, 5) is 25.7. The Morgan fingerprint density at radius 2 is 2.00 bits per heavy atom. The average molecular weight is 469 g/mol. The third kappa shape index (κ3) is 2.57. The van der Waals surface area contributed by atoms with E-state index in [1.54, 1.807) is 12.2 Å². The zero-order chi connectivity index (χ0) is 24.2. The lowest BCUT2D eigenvalue weighted by Crippen LogP contribution is -2.63. The second-order valence-corrected chi connectivity index (χ2v) is 12.1. The molecule has 4 aliphatic carbocycles. The number of ketones is 1. The van der Waals surface area contributed by atoms with Crippen molar-refractivity contribution in [2.45, 2.75) is 83.7 Å². The Kier molecular flexibility index (Phi) is 4.77.